The highest BCUT2D eigenvalue weighted by molar-refractivity contribution is 5.77. The summed E-state index contributed by atoms with van der Waals surface area (Å²) in [5, 5.41) is 9.58. The van der Waals surface area contributed by atoms with Crippen molar-refractivity contribution in [3.05, 3.63) is 35.4 Å². The van der Waals surface area contributed by atoms with E-state index < -0.39 is 12.3 Å². The molecular formula is C16H21N3O2. The van der Waals surface area contributed by atoms with E-state index in [2.05, 4.69) is 6.07 Å². The Balaban J connectivity index is 2.64. The fourth-order valence-corrected chi connectivity index (χ4v) is 3.01. The van der Waals surface area contributed by atoms with Crippen LogP contribution in [-0.4, -0.2) is 43.1 Å². The van der Waals surface area contributed by atoms with E-state index in [-0.39, 0.29) is 11.9 Å². The number of benzene rings is 1. The summed E-state index contributed by atoms with van der Waals surface area (Å²) in [6.07, 6.45) is -0.118. The van der Waals surface area contributed by atoms with Crippen LogP contribution in [0.15, 0.2) is 24.3 Å². The summed E-state index contributed by atoms with van der Waals surface area (Å²) in [5.74, 6) is -0.0743. The number of fused-ring (bicyclic) bond motifs is 1. The molecule has 1 heterocycles. The Labute approximate surface area is 125 Å². The molecule has 0 saturated carbocycles. The number of nitrogens with zero attached hydrogens (tertiary/aromatic N) is 3. The lowest BCUT2D eigenvalue weighted by atomic mass is 9.87. The quantitative estimate of drug-likeness (QED) is 0.854. The molecule has 0 unspecified atom stereocenters. The smallest absolute Gasteiger partial charge is 0.225 e. The molecule has 2 rings (SSSR count). The molecule has 0 N–H and O–H groups in total. The summed E-state index contributed by atoms with van der Waals surface area (Å²) in [6.45, 7) is 1.80. The second-order valence-electron chi connectivity index (χ2n) is 5.35. The lowest BCUT2D eigenvalue weighted by molar-refractivity contribution is -0.156. The van der Waals surface area contributed by atoms with Crippen LogP contribution in [0.5, 0.6) is 0 Å². The predicted octanol–water partition coefficient (Wildman–Crippen LogP) is 2.08. The molecule has 0 radical (unpaired) electrons. The fourth-order valence-electron chi connectivity index (χ4n) is 3.01. The van der Waals surface area contributed by atoms with Crippen molar-refractivity contribution in [2.24, 2.45) is 0 Å². The van der Waals surface area contributed by atoms with E-state index in [1.165, 1.54) is 0 Å². The molecule has 0 spiro atoms. The highest BCUT2D eigenvalue weighted by atomic mass is 16.5. The van der Waals surface area contributed by atoms with Gasteiger partial charge in [-0.2, -0.15) is 5.26 Å². The normalized spacial score (nSPS) is 24.6. The van der Waals surface area contributed by atoms with E-state index in [0.29, 0.717) is 6.42 Å². The van der Waals surface area contributed by atoms with Crippen LogP contribution in [0, 0.1) is 11.3 Å². The number of carbonyl (C=O) groups excluding carboxylic acids is 1. The largest absolute Gasteiger partial charge is 0.359 e. The fraction of sp³-hybridized carbons (Fsp3) is 0.500. The van der Waals surface area contributed by atoms with Crippen molar-refractivity contribution in [3.63, 3.8) is 0 Å². The van der Waals surface area contributed by atoms with E-state index in [1.54, 1.807) is 18.9 Å². The monoisotopic (exact) mass is 287 g/mol. The minimum atomic E-state index is -0.602. The Morgan fingerprint density at radius 1 is 1.38 bits per heavy atom. The molecule has 1 aromatic carbocycles. The van der Waals surface area contributed by atoms with Gasteiger partial charge < -0.3 is 4.74 Å². The van der Waals surface area contributed by atoms with Crippen molar-refractivity contribution in [2.45, 2.75) is 31.7 Å². The van der Waals surface area contributed by atoms with Crippen LogP contribution in [0.3, 0.4) is 0 Å². The van der Waals surface area contributed by atoms with Crippen molar-refractivity contribution < 1.29 is 9.53 Å². The molecule has 1 aliphatic rings. The first-order valence-electron chi connectivity index (χ1n) is 7.05. The Bertz CT molecular complexity index is 565. The number of amides is 1. The molecule has 0 fully saturated rings. The lowest BCUT2D eigenvalue weighted by Crippen LogP contribution is -2.53. The Morgan fingerprint density at radius 3 is 2.48 bits per heavy atom. The molecule has 0 saturated heterocycles. The van der Waals surface area contributed by atoms with E-state index in [4.69, 9.17) is 4.74 Å². The van der Waals surface area contributed by atoms with Crippen LogP contribution < -0.4 is 0 Å². The maximum Gasteiger partial charge on any atom is 0.225 e. The first-order valence-corrected chi connectivity index (χ1v) is 7.05. The molecule has 21 heavy (non-hydrogen) atoms. The average molecular weight is 287 g/mol. The number of ether oxygens (including phenoxy) is 1. The number of hydrogen-bond acceptors (Lipinski definition) is 4. The zero-order chi connectivity index (χ0) is 15.6. The van der Waals surface area contributed by atoms with Crippen LogP contribution >= 0.6 is 0 Å². The molecule has 5 heteroatoms. The zero-order valence-electron chi connectivity index (χ0n) is 12.9. The standard InChI is InChI=1S/C16H21N3O2/c1-5-14(20)19-13(10-17)11-8-6-7-9-12(11)15(18(2)3)16(19)21-4/h6-9,13,15-16H,5H2,1-4H3/t13-,15-,16+/m1/s1. The number of carbonyl (C=O) groups is 1. The number of hydrogen-bond donors (Lipinski definition) is 0. The molecule has 1 aliphatic heterocycles. The van der Waals surface area contributed by atoms with Gasteiger partial charge in [0.05, 0.1) is 12.1 Å². The molecule has 0 aliphatic carbocycles. The Hall–Kier alpha value is -1.90. The molecule has 112 valence electrons. The van der Waals surface area contributed by atoms with Crippen LogP contribution in [0.2, 0.25) is 0 Å². The first kappa shape index (κ1) is 15.5. The van der Waals surface area contributed by atoms with Gasteiger partial charge in [0.1, 0.15) is 6.04 Å². The second kappa shape index (κ2) is 6.25. The summed E-state index contributed by atoms with van der Waals surface area (Å²) in [5.41, 5.74) is 1.93. The van der Waals surface area contributed by atoms with Crippen molar-refractivity contribution >= 4 is 5.91 Å². The van der Waals surface area contributed by atoms with E-state index >= 15 is 0 Å². The topological polar surface area (TPSA) is 56.6 Å². The van der Waals surface area contributed by atoms with Gasteiger partial charge in [0, 0.05) is 13.5 Å². The molecule has 1 amide bonds. The lowest BCUT2D eigenvalue weighted by Gasteiger charge is -2.46. The van der Waals surface area contributed by atoms with E-state index in [0.717, 1.165) is 11.1 Å². The zero-order valence-corrected chi connectivity index (χ0v) is 12.9. The molecular weight excluding hydrogens is 266 g/mol. The average Bonchev–Trinajstić information content (AvgIpc) is 2.51. The SMILES string of the molecule is CCC(=O)N1[C@H](C#N)c2ccccc2[C@@H](N(C)C)[C@@H]1OC. The van der Waals surface area contributed by atoms with Gasteiger partial charge in [-0.05, 0) is 25.2 Å². The number of likely N-dealkylation sites (N-methyl/N-ethyl adjacent to an activating group) is 1. The van der Waals surface area contributed by atoms with Gasteiger partial charge in [-0.1, -0.05) is 31.2 Å². The molecule has 5 nitrogen and oxygen atoms in total. The van der Waals surface area contributed by atoms with Crippen LogP contribution in [0.4, 0.5) is 0 Å². The van der Waals surface area contributed by atoms with Crippen LogP contribution in [-0.2, 0) is 9.53 Å². The first-order chi connectivity index (χ1) is 10.1. The maximum atomic E-state index is 12.4. The number of rotatable bonds is 3. The van der Waals surface area contributed by atoms with Crippen molar-refractivity contribution in [1.82, 2.24) is 9.80 Å². The maximum absolute atomic E-state index is 12.4. The Morgan fingerprint density at radius 2 is 2.00 bits per heavy atom. The summed E-state index contributed by atoms with van der Waals surface area (Å²) >= 11 is 0. The molecule has 0 bridgehead atoms. The molecule has 0 aromatic heterocycles. The summed E-state index contributed by atoms with van der Waals surface area (Å²) < 4.78 is 5.60. The summed E-state index contributed by atoms with van der Waals surface area (Å²) in [7, 11) is 5.49. The van der Waals surface area contributed by atoms with Gasteiger partial charge >= 0.3 is 0 Å². The van der Waals surface area contributed by atoms with Gasteiger partial charge in [0.2, 0.25) is 5.91 Å². The van der Waals surface area contributed by atoms with Gasteiger partial charge in [0.15, 0.2) is 6.23 Å². The van der Waals surface area contributed by atoms with E-state index in [1.807, 2.05) is 43.3 Å². The highest BCUT2D eigenvalue weighted by Crippen LogP contribution is 2.41. The summed E-state index contributed by atoms with van der Waals surface area (Å²) in [6, 6.07) is 9.34. The predicted molar refractivity (Wildman–Crippen MR) is 79.2 cm³/mol. The second-order valence-corrected chi connectivity index (χ2v) is 5.35. The highest BCUT2D eigenvalue weighted by Gasteiger charge is 2.44. The van der Waals surface area contributed by atoms with Gasteiger partial charge in [-0.3, -0.25) is 14.6 Å². The Kier molecular flexibility index (Phi) is 4.61. The third-order valence-electron chi connectivity index (χ3n) is 3.94. The van der Waals surface area contributed by atoms with Crippen molar-refractivity contribution in [1.29, 1.82) is 5.26 Å². The van der Waals surface area contributed by atoms with Crippen LogP contribution in [0.1, 0.15) is 36.6 Å². The van der Waals surface area contributed by atoms with E-state index in [9.17, 15) is 10.1 Å². The minimum absolute atomic E-state index is 0.0743. The van der Waals surface area contributed by atoms with Crippen molar-refractivity contribution in [3.8, 4) is 6.07 Å². The third-order valence-corrected chi connectivity index (χ3v) is 3.94. The minimum Gasteiger partial charge on any atom is -0.359 e. The summed E-state index contributed by atoms with van der Waals surface area (Å²) in [4.78, 5) is 16.0. The van der Waals surface area contributed by atoms with Crippen molar-refractivity contribution in [2.75, 3.05) is 21.2 Å². The number of nitriles is 1. The van der Waals surface area contributed by atoms with Gasteiger partial charge in [-0.25, -0.2) is 0 Å². The molecule has 1 aromatic rings. The molecule has 3 atom stereocenters. The van der Waals surface area contributed by atoms with Crippen LogP contribution in [0.25, 0.3) is 0 Å². The van der Waals surface area contributed by atoms with Gasteiger partial charge in [0.25, 0.3) is 0 Å². The number of methoxy groups -OCH3 is 1. The third kappa shape index (κ3) is 2.53. The van der Waals surface area contributed by atoms with Gasteiger partial charge in [-0.15, -0.1) is 0 Å².